The van der Waals surface area contributed by atoms with Crippen LogP contribution in [0.15, 0.2) is 59.5 Å². The summed E-state index contributed by atoms with van der Waals surface area (Å²) in [5.41, 5.74) is 2.70. The molecule has 0 unspecified atom stereocenters. The van der Waals surface area contributed by atoms with Crippen molar-refractivity contribution in [3.63, 3.8) is 0 Å². The summed E-state index contributed by atoms with van der Waals surface area (Å²) in [6, 6.07) is 16.9. The first-order valence-corrected chi connectivity index (χ1v) is 8.52. The van der Waals surface area contributed by atoms with Gasteiger partial charge >= 0.3 is 0 Å². The smallest absolute Gasteiger partial charge is 0.270 e. The van der Waals surface area contributed by atoms with Gasteiger partial charge in [-0.15, -0.1) is 0 Å². The maximum atomic E-state index is 11.8. The lowest BCUT2D eigenvalue weighted by atomic mass is 10.0. The van der Waals surface area contributed by atoms with Crippen molar-refractivity contribution in [2.45, 2.75) is 0 Å². The van der Waals surface area contributed by atoms with Gasteiger partial charge in [0.1, 0.15) is 11.6 Å². The van der Waals surface area contributed by atoms with E-state index in [9.17, 15) is 9.90 Å². The fourth-order valence-corrected chi connectivity index (χ4v) is 3.40. The Balaban J connectivity index is 1.58. The molecule has 4 aromatic rings. The standard InChI is InChI=1S/C21H13N3O4/c22-10-15-20(25)19-16(23-21(15)26)7-8-24(19)14-4-1-12(2-5-14)13-3-6-17-18(9-13)28-11-27-17/h1-9H,11H2,(H2,23,25,26). The van der Waals surface area contributed by atoms with E-state index >= 15 is 0 Å². The van der Waals surface area contributed by atoms with Gasteiger partial charge in [0.05, 0.1) is 5.52 Å². The molecule has 1 aliphatic rings. The first-order valence-electron chi connectivity index (χ1n) is 8.52. The SMILES string of the molecule is N#Cc1c(O)c2c(ccn2-c2ccc(-c3ccc4c(c3)OCO4)cc2)[nH]c1=O. The number of fused-ring (bicyclic) bond motifs is 2. The number of aromatic nitrogens is 2. The summed E-state index contributed by atoms with van der Waals surface area (Å²) in [5.74, 6) is 1.12. The molecule has 136 valence electrons. The van der Waals surface area contributed by atoms with Crippen molar-refractivity contribution in [2.24, 2.45) is 0 Å². The third-order valence-corrected chi connectivity index (χ3v) is 4.79. The summed E-state index contributed by atoms with van der Waals surface area (Å²) >= 11 is 0. The van der Waals surface area contributed by atoms with Crippen LogP contribution in [0.5, 0.6) is 17.2 Å². The lowest BCUT2D eigenvalue weighted by Crippen LogP contribution is -2.10. The second-order valence-electron chi connectivity index (χ2n) is 6.35. The van der Waals surface area contributed by atoms with Crippen LogP contribution in [0.2, 0.25) is 0 Å². The molecule has 2 aromatic heterocycles. The van der Waals surface area contributed by atoms with E-state index in [1.54, 1.807) is 22.9 Å². The van der Waals surface area contributed by atoms with Crippen molar-refractivity contribution < 1.29 is 14.6 Å². The van der Waals surface area contributed by atoms with Crippen LogP contribution in [0.1, 0.15) is 5.56 Å². The highest BCUT2D eigenvalue weighted by Gasteiger charge is 2.16. The van der Waals surface area contributed by atoms with Crippen molar-refractivity contribution in [3.8, 4) is 40.1 Å². The summed E-state index contributed by atoms with van der Waals surface area (Å²) in [7, 11) is 0. The fourth-order valence-electron chi connectivity index (χ4n) is 3.40. The number of nitrogens with zero attached hydrogens (tertiary/aromatic N) is 2. The van der Waals surface area contributed by atoms with E-state index in [-0.39, 0.29) is 18.1 Å². The predicted molar refractivity (Wildman–Crippen MR) is 102 cm³/mol. The van der Waals surface area contributed by atoms with E-state index in [2.05, 4.69) is 4.98 Å². The number of aromatic amines is 1. The van der Waals surface area contributed by atoms with Crippen molar-refractivity contribution in [1.82, 2.24) is 9.55 Å². The first kappa shape index (κ1) is 16.0. The lowest BCUT2D eigenvalue weighted by molar-refractivity contribution is 0.174. The largest absolute Gasteiger partial charge is 0.504 e. The summed E-state index contributed by atoms with van der Waals surface area (Å²) in [4.78, 5) is 14.5. The third kappa shape index (κ3) is 2.32. The molecule has 2 aromatic carbocycles. The molecule has 0 bridgehead atoms. The Labute approximate surface area is 158 Å². The van der Waals surface area contributed by atoms with E-state index < -0.39 is 5.56 Å². The molecular weight excluding hydrogens is 358 g/mol. The normalized spacial score (nSPS) is 12.2. The summed E-state index contributed by atoms with van der Waals surface area (Å²) in [5, 5.41) is 19.5. The molecule has 0 spiro atoms. The van der Waals surface area contributed by atoms with Crippen LogP contribution in [-0.4, -0.2) is 21.5 Å². The van der Waals surface area contributed by atoms with Crippen LogP contribution in [-0.2, 0) is 0 Å². The molecule has 2 N–H and O–H groups in total. The molecule has 5 rings (SSSR count). The van der Waals surface area contributed by atoms with Gasteiger partial charge in [0.2, 0.25) is 6.79 Å². The molecule has 0 amide bonds. The molecule has 0 atom stereocenters. The predicted octanol–water partition coefficient (Wildman–Crippen LogP) is 3.29. The zero-order valence-corrected chi connectivity index (χ0v) is 14.5. The van der Waals surface area contributed by atoms with Gasteiger partial charge in [-0.25, -0.2) is 0 Å². The van der Waals surface area contributed by atoms with E-state index in [4.69, 9.17) is 14.7 Å². The molecule has 3 heterocycles. The van der Waals surface area contributed by atoms with Gasteiger partial charge in [0, 0.05) is 11.9 Å². The summed E-state index contributed by atoms with van der Waals surface area (Å²) in [6.45, 7) is 0.231. The summed E-state index contributed by atoms with van der Waals surface area (Å²) < 4.78 is 12.5. The highest BCUT2D eigenvalue weighted by Crippen LogP contribution is 2.36. The van der Waals surface area contributed by atoms with Gasteiger partial charge in [0.25, 0.3) is 5.56 Å². The number of nitrogens with one attached hydrogen (secondary N) is 1. The molecule has 0 saturated carbocycles. The minimum atomic E-state index is -0.608. The highest BCUT2D eigenvalue weighted by molar-refractivity contribution is 5.86. The van der Waals surface area contributed by atoms with Crippen LogP contribution in [0.25, 0.3) is 27.8 Å². The number of aromatic hydroxyl groups is 1. The summed E-state index contributed by atoms with van der Waals surface area (Å²) in [6.07, 6.45) is 1.73. The molecule has 0 radical (unpaired) electrons. The Morgan fingerprint density at radius 1 is 1.04 bits per heavy atom. The molecule has 0 aliphatic carbocycles. The Bertz CT molecular complexity index is 1330. The van der Waals surface area contributed by atoms with E-state index in [0.717, 1.165) is 28.3 Å². The number of hydrogen-bond donors (Lipinski definition) is 2. The molecular formula is C21H13N3O4. The minimum absolute atomic E-state index is 0.231. The zero-order valence-electron chi connectivity index (χ0n) is 14.5. The fraction of sp³-hybridized carbons (Fsp3) is 0.0476. The van der Waals surface area contributed by atoms with Crippen LogP contribution in [0, 0.1) is 11.3 Å². The Morgan fingerprint density at radius 2 is 1.79 bits per heavy atom. The lowest BCUT2D eigenvalue weighted by Gasteiger charge is -2.09. The number of rotatable bonds is 2. The van der Waals surface area contributed by atoms with E-state index in [0.29, 0.717) is 11.0 Å². The molecule has 0 fully saturated rings. The second kappa shape index (κ2) is 5.93. The molecule has 7 heteroatoms. The average molecular weight is 371 g/mol. The molecule has 7 nitrogen and oxygen atoms in total. The van der Waals surface area contributed by atoms with Crippen molar-refractivity contribution >= 4 is 11.0 Å². The molecule has 1 aliphatic heterocycles. The van der Waals surface area contributed by atoms with Crippen molar-refractivity contribution in [3.05, 3.63) is 70.6 Å². The van der Waals surface area contributed by atoms with Crippen molar-refractivity contribution in [1.29, 1.82) is 5.26 Å². The van der Waals surface area contributed by atoms with Gasteiger partial charge in [-0.2, -0.15) is 5.26 Å². The van der Waals surface area contributed by atoms with Crippen LogP contribution in [0.3, 0.4) is 0 Å². The number of hydrogen-bond acceptors (Lipinski definition) is 5. The second-order valence-corrected chi connectivity index (χ2v) is 6.35. The third-order valence-electron chi connectivity index (χ3n) is 4.79. The monoisotopic (exact) mass is 371 g/mol. The minimum Gasteiger partial charge on any atom is -0.504 e. The first-order chi connectivity index (χ1) is 13.7. The molecule has 28 heavy (non-hydrogen) atoms. The van der Waals surface area contributed by atoms with Gasteiger partial charge < -0.3 is 24.1 Å². The number of ether oxygens (including phenoxy) is 2. The Kier molecular flexibility index (Phi) is 3.39. The van der Waals surface area contributed by atoms with E-state index in [1.807, 2.05) is 42.5 Å². The van der Waals surface area contributed by atoms with E-state index in [1.165, 1.54) is 0 Å². The maximum Gasteiger partial charge on any atom is 0.270 e. The maximum absolute atomic E-state index is 11.8. The Hall–Kier alpha value is -4.18. The highest BCUT2D eigenvalue weighted by atomic mass is 16.7. The number of H-pyrrole nitrogens is 1. The topological polar surface area (TPSA) is 100 Å². The Morgan fingerprint density at radius 3 is 2.57 bits per heavy atom. The zero-order chi connectivity index (χ0) is 19.3. The quantitative estimate of drug-likeness (QED) is 0.563. The number of nitriles is 1. The van der Waals surface area contributed by atoms with Crippen LogP contribution >= 0.6 is 0 Å². The van der Waals surface area contributed by atoms with Gasteiger partial charge in [-0.1, -0.05) is 18.2 Å². The van der Waals surface area contributed by atoms with Gasteiger partial charge in [-0.3, -0.25) is 4.79 Å². The van der Waals surface area contributed by atoms with Crippen LogP contribution in [0.4, 0.5) is 0 Å². The van der Waals surface area contributed by atoms with Crippen LogP contribution < -0.4 is 15.0 Å². The number of pyridine rings is 1. The average Bonchev–Trinajstić information content (AvgIpc) is 3.34. The van der Waals surface area contributed by atoms with Gasteiger partial charge in [0.15, 0.2) is 22.8 Å². The van der Waals surface area contributed by atoms with Gasteiger partial charge in [-0.05, 0) is 41.5 Å². The van der Waals surface area contributed by atoms with Crippen molar-refractivity contribution in [2.75, 3.05) is 6.79 Å². The number of benzene rings is 2. The molecule has 0 saturated heterocycles.